The lowest BCUT2D eigenvalue weighted by Gasteiger charge is -2.12. The van der Waals surface area contributed by atoms with Crippen LogP contribution in [-0.2, 0) is 4.74 Å². The number of aryl methyl sites for hydroxylation is 1. The number of nitrogens with one attached hydrogen (secondary N) is 1. The van der Waals surface area contributed by atoms with Crippen molar-refractivity contribution in [3.8, 4) is 5.75 Å². The van der Waals surface area contributed by atoms with Crippen LogP contribution in [0, 0.1) is 6.92 Å². The zero-order valence-corrected chi connectivity index (χ0v) is 14.0. The van der Waals surface area contributed by atoms with Gasteiger partial charge in [-0.2, -0.15) is 0 Å². The van der Waals surface area contributed by atoms with Gasteiger partial charge in [-0.05, 0) is 43.7 Å². The van der Waals surface area contributed by atoms with Crippen LogP contribution in [0.2, 0.25) is 5.02 Å². The van der Waals surface area contributed by atoms with E-state index in [1.807, 2.05) is 32.0 Å². The first-order chi connectivity index (χ1) is 11.1. The SMILES string of the molecule is CCOCCOc1ccccc1C(=O)Nc1ccc(C)c(Cl)c1. The highest BCUT2D eigenvalue weighted by Gasteiger charge is 2.12. The predicted molar refractivity (Wildman–Crippen MR) is 92.6 cm³/mol. The molecule has 23 heavy (non-hydrogen) atoms. The van der Waals surface area contributed by atoms with Gasteiger partial charge in [0.25, 0.3) is 5.91 Å². The Hall–Kier alpha value is -2.04. The van der Waals surface area contributed by atoms with E-state index in [0.29, 0.717) is 41.8 Å². The highest BCUT2D eigenvalue weighted by atomic mass is 35.5. The first kappa shape index (κ1) is 17.3. The molecule has 1 N–H and O–H groups in total. The molecule has 4 nitrogen and oxygen atoms in total. The van der Waals surface area contributed by atoms with Gasteiger partial charge in [-0.25, -0.2) is 0 Å². The molecule has 0 unspecified atom stereocenters. The maximum Gasteiger partial charge on any atom is 0.259 e. The number of hydrogen-bond donors (Lipinski definition) is 1. The number of carbonyl (C=O) groups is 1. The van der Waals surface area contributed by atoms with Crippen molar-refractivity contribution < 1.29 is 14.3 Å². The fourth-order valence-electron chi connectivity index (χ4n) is 2.00. The number of hydrogen-bond acceptors (Lipinski definition) is 3. The van der Waals surface area contributed by atoms with Gasteiger partial charge in [0, 0.05) is 17.3 Å². The molecule has 0 saturated carbocycles. The van der Waals surface area contributed by atoms with Crippen molar-refractivity contribution in [1.29, 1.82) is 0 Å². The minimum Gasteiger partial charge on any atom is -0.490 e. The summed E-state index contributed by atoms with van der Waals surface area (Å²) in [4.78, 5) is 12.5. The van der Waals surface area contributed by atoms with Crippen molar-refractivity contribution in [3.63, 3.8) is 0 Å². The summed E-state index contributed by atoms with van der Waals surface area (Å²) in [5, 5.41) is 3.45. The Morgan fingerprint density at radius 1 is 1.17 bits per heavy atom. The Bertz CT molecular complexity index is 673. The molecule has 0 heterocycles. The van der Waals surface area contributed by atoms with E-state index in [4.69, 9.17) is 21.1 Å². The normalized spacial score (nSPS) is 10.4. The minimum absolute atomic E-state index is 0.239. The van der Waals surface area contributed by atoms with E-state index in [1.54, 1.807) is 24.3 Å². The first-order valence-electron chi connectivity index (χ1n) is 7.49. The molecule has 2 aromatic rings. The lowest BCUT2D eigenvalue weighted by Crippen LogP contribution is -2.15. The van der Waals surface area contributed by atoms with E-state index in [1.165, 1.54) is 0 Å². The summed E-state index contributed by atoms with van der Waals surface area (Å²) in [6.45, 7) is 5.36. The third-order valence-corrected chi connectivity index (χ3v) is 3.66. The molecule has 122 valence electrons. The standard InChI is InChI=1S/C18H20ClNO3/c1-3-22-10-11-23-17-7-5-4-6-15(17)18(21)20-14-9-8-13(2)16(19)12-14/h4-9,12H,3,10-11H2,1-2H3,(H,20,21). The quantitative estimate of drug-likeness (QED) is 0.768. The number of carbonyl (C=O) groups excluding carboxylic acids is 1. The zero-order chi connectivity index (χ0) is 16.7. The van der Waals surface area contributed by atoms with E-state index >= 15 is 0 Å². The molecule has 0 atom stereocenters. The molecular weight excluding hydrogens is 314 g/mol. The Kier molecular flexibility index (Phi) is 6.44. The minimum atomic E-state index is -0.239. The largest absolute Gasteiger partial charge is 0.490 e. The van der Waals surface area contributed by atoms with Gasteiger partial charge in [0.1, 0.15) is 12.4 Å². The van der Waals surface area contributed by atoms with Gasteiger partial charge < -0.3 is 14.8 Å². The average molecular weight is 334 g/mol. The van der Waals surface area contributed by atoms with Crippen molar-refractivity contribution in [2.75, 3.05) is 25.1 Å². The third kappa shape index (κ3) is 4.98. The number of para-hydroxylation sites is 1. The van der Waals surface area contributed by atoms with Crippen molar-refractivity contribution in [2.24, 2.45) is 0 Å². The lowest BCUT2D eigenvalue weighted by molar-refractivity contribution is 0.0998. The van der Waals surface area contributed by atoms with Crippen LogP contribution in [0.15, 0.2) is 42.5 Å². The maximum atomic E-state index is 12.5. The van der Waals surface area contributed by atoms with Crippen LogP contribution >= 0.6 is 11.6 Å². The second-order valence-electron chi connectivity index (χ2n) is 4.96. The van der Waals surface area contributed by atoms with Crippen molar-refractivity contribution in [2.45, 2.75) is 13.8 Å². The Morgan fingerprint density at radius 2 is 1.96 bits per heavy atom. The van der Waals surface area contributed by atoms with E-state index in [0.717, 1.165) is 5.56 Å². The fraction of sp³-hybridized carbons (Fsp3) is 0.278. The van der Waals surface area contributed by atoms with Crippen LogP contribution in [-0.4, -0.2) is 25.7 Å². The van der Waals surface area contributed by atoms with Crippen molar-refractivity contribution in [1.82, 2.24) is 0 Å². The molecular formula is C18H20ClNO3. The van der Waals surface area contributed by atoms with Crippen LogP contribution in [0.3, 0.4) is 0 Å². The van der Waals surface area contributed by atoms with Gasteiger partial charge in [-0.15, -0.1) is 0 Å². The van der Waals surface area contributed by atoms with Crippen LogP contribution < -0.4 is 10.1 Å². The summed E-state index contributed by atoms with van der Waals surface area (Å²) in [6, 6.07) is 12.5. The molecule has 0 spiro atoms. The van der Waals surface area contributed by atoms with E-state index in [2.05, 4.69) is 5.32 Å². The molecule has 2 rings (SSSR count). The van der Waals surface area contributed by atoms with E-state index < -0.39 is 0 Å². The number of amides is 1. The number of ether oxygens (including phenoxy) is 2. The third-order valence-electron chi connectivity index (χ3n) is 3.25. The van der Waals surface area contributed by atoms with Crippen molar-refractivity contribution in [3.05, 3.63) is 58.6 Å². The Balaban J connectivity index is 2.07. The number of halogens is 1. The monoisotopic (exact) mass is 333 g/mol. The van der Waals surface area contributed by atoms with Crippen LogP contribution in [0.5, 0.6) is 5.75 Å². The molecule has 5 heteroatoms. The number of anilines is 1. The maximum absolute atomic E-state index is 12.5. The summed E-state index contributed by atoms with van der Waals surface area (Å²) >= 11 is 6.08. The van der Waals surface area contributed by atoms with Crippen LogP contribution in [0.25, 0.3) is 0 Å². The first-order valence-corrected chi connectivity index (χ1v) is 7.86. The average Bonchev–Trinajstić information content (AvgIpc) is 2.55. The predicted octanol–water partition coefficient (Wildman–Crippen LogP) is 4.32. The Labute approximate surface area is 141 Å². The molecule has 1 amide bonds. The van der Waals surface area contributed by atoms with E-state index in [-0.39, 0.29) is 5.91 Å². The Morgan fingerprint density at radius 3 is 2.70 bits per heavy atom. The molecule has 0 aliphatic carbocycles. The molecule has 0 aliphatic heterocycles. The van der Waals surface area contributed by atoms with E-state index in [9.17, 15) is 4.79 Å². The summed E-state index contributed by atoms with van der Waals surface area (Å²) < 4.78 is 10.9. The number of benzene rings is 2. The van der Waals surface area contributed by atoms with Gasteiger partial charge in [-0.1, -0.05) is 29.8 Å². The highest BCUT2D eigenvalue weighted by molar-refractivity contribution is 6.31. The van der Waals surface area contributed by atoms with Gasteiger partial charge in [0.15, 0.2) is 0 Å². The molecule has 0 radical (unpaired) electrons. The highest BCUT2D eigenvalue weighted by Crippen LogP contribution is 2.23. The zero-order valence-electron chi connectivity index (χ0n) is 13.3. The molecule has 2 aromatic carbocycles. The molecule has 0 bridgehead atoms. The second-order valence-corrected chi connectivity index (χ2v) is 5.37. The summed E-state index contributed by atoms with van der Waals surface area (Å²) in [5.41, 5.74) is 2.08. The molecule has 0 aromatic heterocycles. The van der Waals surface area contributed by atoms with Crippen molar-refractivity contribution >= 4 is 23.2 Å². The summed E-state index contributed by atoms with van der Waals surface area (Å²) in [5.74, 6) is 0.292. The summed E-state index contributed by atoms with van der Waals surface area (Å²) in [6.07, 6.45) is 0. The number of rotatable bonds is 7. The van der Waals surface area contributed by atoms with Gasteiger partial charge >= 0.3 is 0 Å². The van der Waals surface area contributed by atoms with Gasteiger partial charge in [0.2, 0.25) is 0 Å². The summed E-state index contributed by atoms with van der Waals surface area (Å²) in [7, 11) is 0. The van der Waals surface area contributed by atoms with Crippen LogP contribution in [0.4, 0.5) is 5.69 Å². The topological polar surface area (TPSA) is 47.6 Å². The van der Waals surface area contributed by atoms with Gasteiger partial charge in [-0.3, -0.25) is 4.79 Å². The smallest absolute Gasteiger partial charge is 0.259 e. The fourth-order valence-corrected chi connectivity index (χ4v) is 2.18. The second kappa shape index (κ2) is 8.56. The van der Waals surface area contributed by atoms with Gasteiger partial charge in [0.05, 0.1) is 12.2 Å². The van der Waals surface area contributed by atoms with Crippen LogP contribution in [0.1, 0.15) is 22.8 Å². The molecule has 0 aliphatic rings. The molecule has 0 fully saturated rings. The molecule has 0 saturated heterocycles. The lowest BCUT2D eigenvalue weighted by atomic mass is 10.1.